The monoisotopic (exact) mass is 457 g/mol. The molecule has 3 atom stereocenters. The van der Waals surface area contributed by atoms with E-state index in [1.165, 1.54) is 17.3 Å². The van der Waals surface area contributed by atoms with E-state index >= 15 is 0 Å². The summed E-state index contributed by atoms with van der Waals surface area (Å²) < 4.78 is 23.5. The van der Waals surface area contributed by atoms with Crippen LogP contribution in [0.4, 0.5) is 5.69 Å². The highest BCUT2D eigenvalue weighted by Gasteiger charge is 2.42. The molecule has 1 fully saturated rings. The maximum absolute atomic E-state index is 12.8. The molecule has 8 heteroatoms. The van der Waals surface area contributed by atoms with Gasteiger partial charge < -0.3 is 10.6 Å². The lowest BCUT2D eigenvalue weighted by Crippen LogP contribution is -2.33. The Morgan fingerprint density at radius 2 is 1.97 bits per heavy atom. The highest BCUT2D eigenvalue weighted by molar-refractivity contribution is 8.15. The van der Waals surface area contributed by atoms with Gasteiger partial charge in [0.2, 0.25) is 0 Å². The molecule has 6 nitrogen and oxygen atoms in total. The molecule has 2 aromatic carbocycles. The van der Waals surface area contributed by atoms with Gasteiger partial charge in [-0.2, -0.15) is 0 Å². The Labute approximate surface area is 187 Å². The van der Waals surface area contributed by atoms with Crippen LogP contribution in [0.15, 0.2) is 53.5 Å². The molecular formula is C23H27N3O3S2. The van der Waals surface area contributed by atoms with E-state index in [1.807, 2.05) is 50.2 Å². The van der Waals surface area contributed by atoms with E-state index in [0.29, 0.717) is 5.56 Å². The number of fused-ring (bicyclic) bond motifs is 1. The summed E-state index contributed by atoms with van der Waals surface area (Å²) in [6.07, 6.45) is 1.78. The fraction of sp³-hybridized carbons (Fsp3) is 0.391. The zero-order valence-electron chi connectivity index (χ0n) is 17.7. The van der Waals surface area contributed by atoms with Gasteiger partial charge in [0.05, 0.1) is 17.5 Å². The van der Waals surface area contributed by atoms with Crippen LogP contribution in [-0.2, 0) is 16.3 Å². The van der Waals surface area contributed by atoms with Gasteiger partial charge in [0.15, 0.2) is 15.0 Å². The minimum atomic E-state index is -2.97. The standard InChI is InChI=1S/C23H27N3O3S2/c1-15-8-11-18(22(27)24-16(2)9-10-17-6-4-3-5-7-17)12-19(15)25-23-26-20-13-31(28,29)14-21(20)30-23/h3-8,11-12,16,20-21H,9-10,13-14H2,1-2H3,(H,24,27)(H,25,26). The third-order valence-electron chi connectivity index (χ3n) is 5.65. The van der Waals surface area contributed by atoms with Crippen molar-refractivity contribution in [2.45, 2.75) is 44.0 Å². The number of amides is 1. The second kappa shape index (κ2) is 9.04. The van der Waals surface area contributed by atoms with Crippen LogP contribution in [0, 0.1) is 6.92 Å². The predicted molar refractivity (Wildman–Crippen MR) is 128 cm³/mol. The number of benzene rings is 2. The largest absolute Gasteiger partial charge is 0.350 e. The van der Waals surface area contributed by atoms with Crippen molar-refractivity contribution in [2.24, 2.45) is 4.99 Å². The molecular weight excluding hydrogens is 430 g/mol. The quantitative estimate of drug-likeness (QED) is 0.694. The van der Waals surface area contributed by atoms with Gasteiger partial charge >= 0.3 is 0 Å². The first-order chi connectivity index (χ1) is 14.8. The number of nitrogens with zero attached hydrogens (tertiary/aromatic N) is 1. The molecule has 0 spiro atoms. The average Bonchev–Trinajstić information content (AvgIpc) is 3.21. The van der Waals surface area contributed by atoms with Gasteiger partial charge in [0.25, 0.3) is 5.91 Å². The van der Waals surface area contributed by atoms with Crippen molar-refractivity contribution in [2.75, 3.05) is 16.8 Å². The number of hydrogen-bond acceptors (Lipinski definition) is 6. The molecule has 4 rings (SSSR count). The van der Waals surface area contributed by atoms with Gasteiger partial charge in [-0.3, -0.25) is 9.79 Å². The number of hydrogen-bond donors (Lipinski definition) is 2. The molecule has 0 bridgehead atoms. The fourth-order valence-electron chi connectivity index (χ4n) is 3.84. The summed E-state index contributed by atoms with van der Waals surface area (Å²) in [5.41, 5.74) is 3.67. The molecule has 3 unspecified atom stereocenters. The minimum absolute atomic E-state index is 0.00949. The number of amidine groups is 1. The van der Waals surface area contributed by atoms with E-state index in [-0.39, 0.29) is 34.7 Å². The van der Waals surface area contributed by atoms with Crippen LogP contribution in [0.1, 0.15) is 34.8 Å². The molecule has 2 aliphatic rings. The van der Waals surface area contributed by atoms with Crippen LogP contribution < -0.4 is 10.6 Å². The highest BCUT2D eigenvalue weighted by atomic mass is 32.2. The van der Waals surface area contributed by atoms with Crippen molar-refractivity contribution in [3.63, 3.8) is 0 Å². The van der Waals surface area contributed by atoms with E-state index in [9.17, 15) is 13.2 Å². The molecule has 31 heavy (non-hydrogen) atoms. The van der Waals surface area contributed by atoms with Gasteiger partial charge in [0.1, 0.15) is 0 Å². The van der Waals surface area contributed by atoms with E-state index in [2.05, 4.69) is 27.8 Å². The first-order valence-electron chi connectivity index (χ1n) is 10.5. The average molecular weight is 458 g/mol. The number of anilines is 1. The Balaban J connectivity index is 1.36. The zero-order chi connectivity index (χ0) is 22.0. The van der Waals surface area contributed by atoms with Gasteiger partial charge in [-0.25, -0.2) is 8.42 Å². The predicted octanol–water partition coefficient (Wildman–Crippen LogP) is 3.43. The Bertz CT molecular complexity index is 1100. The first-order valence-corrected chi connectivity index (χ1v) is 13.2. The fourth-order valence-corrected chi connectivity index (χ4v) is 7.50. The van der Waals surface area contributed by atoms with E-state index in [0.717, 1.165) is 29.3 Å². The van der Waals surface area contributed by atoms with Gasteiger partial charge in [-0.05, 0) is 49.9 Å². The summed E-state index contributed by atoms with van der Waals surface area (Å²) in [5, 5.41) is 7.09. The van der Waals surface area contributed by atoms with E-state index in [1.54, 1.807) is 0 Å². The molecule has 164 valence electrons. The summed E-state index contributed by atoms with van der Waals surface area (Å²) in [6, 6.07) is 15.7. The van der Waals surface area contributed by atoms with Crippen LogP contribution in [0.5, 0.6) is 0 Å². The van der Waals surface area contributed by atoms with Gasteiger partial charge in [-0.1, -0.05) is 48.2 Å². The van der Waals surface area contributed by atoms with Crippen LogP contribution in [0.2, 0.25) is 0 Å². The highest BCUT2D eigenvalue weighted by Crippen LogP contribution is 2.35. The molecule has 1 saturated heterocycles. The SMILES string of the molecule is Cc1ccc(C(=O)NC(C)CCc2ccccc2)cc1NC1=NC2CS(=O)(=O)CC2S1. The maximum Gasteiger partial charge on any atom is 0.251 e. The summed E-state index contributed by atoms with van der Waals surface area (Å²) in [4.78, 5) is 17.3. The zero-order valence-corrected chi connectivity index (χ0v) is 19.3. The van der Waals surface area contributed by atoms with Crippen LogP contribution >= 0.6 is 11.8 Å². The Morgan fingerprint density at radius 3 is 2.71 bits per heavy atom. The second-order valence-electron chi connectivity index (χ2n) is 8.29. The van der Waals surface area contributed by atoms with Gasteiger partial charge in [0, 0.05) is 22.5 Å². The summed E-state index contributed by atoms with van der Waals surface area (Å²) in [7, 11) is -2.97. The number of sulfone groups is 1. The topological polar surface area (TPSA) is 87.6 Å². The smallest absolute Gasteiger partial charge is 0.251 e. The molecule has 2 heterocycles. The Morgan fingerprint density at radius 1 is 1.19 bits per heavy atom. The lowest BCUT2D eigenvalue weighted by Gasteiger charge is -2.16. The second-order valence-corrected chi connectivity index (χ2v) is 11.7. The number of thioether (sulfide) groups is 1. The van der Waals surface area contributed by atoms with Crippen LogP contribution in [0.3, 0.4) is 0 Å². The lowest BCUT2D eigenvalue weighted by atomic mass is 10.1. The number of nitrogens with one attached hydrogen (secondary N) is 2. The van der Waals surface area contributed by atoms with Gasteiger partial charge in [-0.15, -0.1) is 0 Å². The van der Waals surface area contributed by atoms with Crippen molar-refractivity contribution >= 4 is 38.4 Å². The molecule has 0 radical (unpaired) electrons. The van der Waals surface area contributed by atoms with Crippen molar-refractivity contribution < 1.29 is 13.2 Å². The normalized spacial score (nSPS) is 22.5. The van der Waals surface area contributed by atoms with Crippen molar-refractivity contribution in [1.29, 1.82) is 0 Å². The van der Waals surface area contributed by atoms with E-state index < -0.39 is 9.84 Å². The number of aryl methyl sites for hydroxylation is 2. The molecule has 1 amide bonds. The molecule has 2 aromatic rings. The Hall–Kier alpha value is -2.32. The molecule has 0 aromatic heterocycles. The molecule has 2 N–H and O–H groups in total. The summed E-state index contributed by atoms with van der Waals surface area (Å²) in [6.45, 7) is 3.99. The molecule has 0 aliphatic carbocycles. The Kier molecular flexibility index (Phi) is 6.39. The van der Waals surface area contributed by atoms with Crippen LogP contribution in [-0.4, -0.2) is 48.3 Å². The summed E-state index contributed by atoms with van der Waals surface area (Å²) in [5.74, 6) is 0.199. The molecule has 0 saturated carbocycles. The number of rotatable bonds is 6. The number of carbonyl (C=O) groups is 1. The summed E-state index contributed by atoms with van der Waals surface area (Å²) >= 11 is 1.48. The van der Waals surface area contributed by atoms with Crippen molar-refractivity contribution in [3.8, 4) is 0 Å². The number of aliphatic imine (C=N–C) groups is 1. The number of carbonyl (C=O) groups excluding carboxylic acids is 1. The third kappa shape index (κ3) is 5.49. The van der Waals surface area contributed by atoms with Crippen molar-refractivity contribution in [1.82, 2.24) is 5.32 Å². The lowest BCUT2D eigenvalue weighted by molar-refractivity contribution is 0.0938. The first kappa shape index (κ1) is 21.9. The third-order valence-corrected chi connectivity index (χ3v) is 8.79. The maximum atomic E-state index is 12.8. The van der Waals surface area contributed by atoms with Crippen LogP contribution in [0.25, 0.3) is 0 Å². The molecule has 2 aliphatic heterocycles. The van der Waals surface area contributed by atoms with E-state index in [4.69, 9.17) is 0 Å². The van der Waals surface area contributed by atoms with Crippen molar-refractivity contribution in [3.05, 3.63) is 65.2 Å². The minimum Gasteiger partial charge on any atom is -0.350 e.